The molecule has 0 spiro atoms. The second-order valence-electron chi connectivity index (χ2n) is 5.78. The SMILES string of the molecule is CN(C(=O)c1cc(Cl)ccc1NC(=O)C1CC(=O)NN1)C1CC1. The third-order valence-electron chi connectivity index (χ3n) is 3.98. The molecule has 0 radical (unpaired) electrons. The van der Waals surface area contributed by atoms with E-state index in [1.54, 1.807) is 30.1 Å². The van der Waals surface area contributed by atoms with Crippen LogP contribution >= 0.6 is 11.6 Å². The van der Waals surface area contributed by atoms with E-state index in [1.807, 2.05) is 0 Å². The third kappa shape index (κ3) is 3.46. The van der Waals surface area contributed by atoms with Crippen molar-refractivity contribution < 1.29 is 14.4 Å². The molecule has 8 heteroatoms. The molecule has 1 aromatic carbocycles. The van der Waals surface area contributed by atoms with Gasteiger partial charge in [0.1, 0.15) is 6.04 Å². The molecule has 2 aliphatic rings. The van der Waals surface area contributed by atoms with Gasteiger partial charge in [-0.3, -0.25) is 19.8 Å². The first kappa shape index (κ1) is 15.8. The first-order valence-electron chi connectivity index (χ1n) is 7.37. The van der Waals surface area contributed by atoms with Crippen molar-refractivity contribution in [1.82, 2.24) is 15.8 Å². The predicted molar refractivity (Wildman–Crippen MR) is 84.9 cm³/mol. The van der Waals surface area contributed by atoms with Crippen molar-refractivity contribution in [2.45, 2.75) is 31.3 Å². The molecule has 3 rings (SSSR count). The van der Waals surface area contributed by atoms with Crippen LogP contribution in [0.25, 0.3) is 0 Å². The van der Waals surface area contributed by atoms with Gasteiger partial charge in [-0.15, -0.1) is 0 Å². The number of amides is 3. The molecule has 0 bridgehead atoms. The van der Waals surface area contributed by atoms with E-state index >= 15 is 0 Å². The lowest BCUT2D eigenvalue weighted by Crippen LogP contribution is -2.40. The average Bonchev–Trinajstić information content (AvgIpc) is 3.28. The zero-order valence-corrected chi connectivity index (χ0v) is 13.3. The molecule has 1 saturated carbocycles. The van der Waals surface area contributed by atoms with Crippen molar-refractivity contribution in [3.05, 3.63) is 28.8 Å². The van der Waals surface area contributed by atoms with Gasteiger partial charge in [-0.25, -0.2) is 5.43 Å². The number of nitrogens with zero attached hydrogens (tertiary/aromatic N) is 1. The number of benzene rings is 1. The van der Waals surface area contributed by atoms with Gasteiger partial charge in [0.15, 0.2) is 0 Å². The van der Waals surface area contributed by atoms with Gasteiger partial charge in [-0.2, -0.15) is 0 Å². The Morgan fingerprint density at radius 2 is 2.09 bits per heavy atom. The summed E-state index contributed by atoms with van der Waals surface area (Å²) >= 11 is 5.99. The summed E-state index contributed by atoms with van der Waals surface area (Å²) in [6, 6.07) is 4.34. The zero-order valence-electron chi connectivity index (χ0n) is 12.6. The molecule has 3 N–H and O–H groups in total. The Labute approximate surface area is 138 Å². The Morgan fingerprint density at radius 3 is 2.70 bits per heavy atom. The van der Waals surface area contributed by atoms with Crippen LogP contribution in [0.1, 0.15) is 29.6 Å². The number of anilines is 1. The number of carbonyl (C=O) groups is 3. The van der Waals surface area contributed by atoms with Gasteiger partial charge in [0.25, 0.3) is 5.91 Å². The van der Waals surface area contributed by atoms with E-state index < -0.39 is 6.04 Å². The van der Waals surface area contributed by atoms with Crippen molar-refractivity contribution in [3.63, 3.8) is 0 Å². The van der Waals surface area contributed by atoms with Gasteiger partial charge in [0.2, 0.25) is 11.8 Å². The first-order valence-corrected chi connectivity index (χ1v) is 7.75. The molecule has 3 amide bonds. The number of rotatable bonds is 4. The normalized spacial score (nSPS) is 20.1. The fraction of sp³-hybridized carbons (Fsp3) is 0.400. The molecule has 23 heavy (non-hydrogen) atoms. The summed E-state index contributed by atoms with van der Waals surface area (Å²) in [7, 11) is 1.74. The predicted octanol–water partition coefficient (Wildman–Crippen LogP) is 0.906. The van der Waals surface area contributed by atoms with E-state index in [0.29, 0.717) is 16.3 Å². The van der Waals surface area contributed by atoms with Gasteiger partial charge >= 0.3 is 0 Å². The Morgan fingerprint density at radius 1 is 1.35 bits per heavy atom. The number of hydrazine groups is 1. The van der Waals surface area contributed by atoms with E-state index in [0.717, 1.165) is 12.8 Å². The van der Waals surface area contributed by atoms with E-state index in [9.17, 15) is 14.4 Å². The molecule has 1 saturated heterocycles. The quantitative estimate of drug-likeness (QED) is 0.762. The molecule has 1 heterocycles. The third-order valence-corrected chi connectivity index (χ3v) is 4.21. The van der Waals surface area contributed by atoms with Crippen molar-refractivity contribution in [2.24, 2.45) is 0 Å². The topological polar surface area (TPSA) is 90.5 Å². The summed E-state index contributed by atoms with van der Waals surface area (Å²) in [6.45, 7) is 0. The van der Waals surface area contributed by atoms with Crippen LogP contribution in [0.2, 0.25) is 5.02 Å². The maximum atomic E-state index is 12.6. The second kappa shape index (κ2) is 6.17. The molecule has 1 aliphatic carbocycles. The molecule has 0 aromatic heterocycles. The van der Waals surface area contributed by atoms with Crippen molar-refractivity contribution >= 4 is 35.0 Å². The van der Waals surface area contributed by atoms with Crippen LogP contribution < -0.4 is 16.2 Å². The lowest BCUT2D eigenvalue weighted by atomic mass is 10.1. The van der Waals surface area contributed by atoms with Gasteiger partial charge in [0, 0.05) is 18.1 Å². The van der Waals surface area contributed by atoms with Gasteiger partial charge in [-0.1, -0.05) is 11.6 Å². The highest BCUT2D eigenvalue weighted by Gasteiger charge is 2.32. The summed E-state index contributed by atoms with van der Waals surface area (Å²) in [5.74, 6) is -0.807. The van der Waals surface area contributed by atoms with Crippen LogP contribution in [0.5, 0.6) is 0 Å². The minimum atomic E-state index is -0.665. The Balaban J connectivity index is 1.79. The maximum absolute atomic E-state index is 12.6. The number of hydrogen-bond acceptors (Lipinski definition) is 4. The van der Waals surface area contributed by atoms with Gasteiger partial charge < -0.3 is 10.2 Å². The number of nitrogens with one attached hydrogen (secondary N) is 3. The fourth-order valence-corrected chi connectivity index (χ4v) is 2.63. The molecule has 1 aromatic rings. The number of hydrogen-bond donors (Lipinski definition) is 3. The summed E-state index contributed by atoms with van der Waals surface area (Å²) in [4.78, 5) is 37.6. The molecule has 2 fully saturated rings. The van der Waals surface area contributed by atoms with Crippen LogP contribution in [0.3, 0.4) is 0 Å². The smallest absolute Gasteiger partial charge is 0.256 e. The molecular weight excluding hydrogens is 320 g/mol. The summed E-state index contributed by atoms with van der Waals surface area (Å²) < 4.78 is 0. The lowest BCUT2D eigenvalue weighted by molar-refractivity contribution is -0.121. The molecule has 1 unspecified atom stereocenters. The van der Waals surface area contributed by atoms with Gasteiger partial charge in [0.05, 0.1) is 17.7 Å². The Bertz CT molecular complexity index is 675. The summed E-state index contributed by atoms with van der Waals surface area (Å²) in [6.07, 6.45) is 2.04. The molecule has 1 aliphatic heterocycles. The van der Waals surface area contributed by atoms with Crippen LogP contribution in [0.15, 0.2) is 18.2 Å². The second-order valence-corrected chi connectivity index (χ2v) is 6.21. The lowest BCUT2D eigenvalue weighted by Gasteiger charge is -2.19. The molecule has 1 atom stereocenters. The monoisotopic (exact) mass is 336 g/mol. The fourth-order valence-electron chi connectivity index (χ4n) is 2.45. The van der Waals surface area contributed by atoms with Crippen molar-refractivity contribution in [3.8, 4) is 0 Å². The van der Waals surface area contributed by atoms with E-state index in [4.69, 9.17) is 11.6 Å². The van der Waals surface area contributed by atoms with Crippen LogP contribution in [-0.4, -0.2) is 41.8 Å². The van der Waals surface area contributed by atoms with Crippen LogP contribution in [-0.2, 0) is 9.59 Å². The minimum absolute atomic E-state index is 0.0602. The standard InChI is InChI=1S/C15H17ClN4O3/c1-20(9-3-4-9)15(23)10-6-8(16)2-5-11(10)17-14(22)12-7-13(21)19-18-12/h2,5-6,9,12,18H,3-4,7H2,1H3,(H,17,22)(H,19,21). The van der Waals surface area contributed by atoms with Crippen LogP contribution in [0.4, 0.5) is 5.69 Å². The molecule has 122 valence electrons. The largest absolute Gasteiger partial charge is 0.339 e. The highest BCUT2D eigenvalue weighted by atomic mass is 35.5. The zero-order chi connectivity index (χ0) is 16.6. The number of halogens is 1. The maximum Gasteiger partial charge on any atom is 0.256 e. The Kier molecular flexibility index (Phi) is 4.23. The van der Waals surface area contributed by atoms with Crippen molar-refractivity contribution in [2.75, 3.05) is 12.4 Å². The molecular formula is C15H17ClN4O3. The highest BCUT2D eigenvalue weighted by Crippen LogP contribution is 2.29. The first-order chi connectivity index (χ1) is 11.0. The highest BCUT2D eigenvalue weighted by molar-refractivity contribution is 6.31. The number of carbonyl (C=O) groups excluding carboxylic acids is 3. The van der Waals surface area contributed by atoms with E-state index in [1.165, 1.54) is 0 Å². The van der Waals surface area contributed by atoms with E-state index in [2.05, 4.69) is 16.2 Å². The summed E-state index contributed by atoms with van der Waals surface area (Å²) in [5.41, 5.74) is 5.71. The van der Waals surface area contributed by atoms with Gasteiger partial charge in [-0.05, 0) is 31.0 Å². The molecule has 7 nitrogen and oxygen atoms in total. The van der Waals surface area contributed by atoms with Crippen molar-refractivity contribution in [1.29, 1.82) is 0 Å². The average molecular weight is 337 g/mol. The van der Waals surface area contributed by atoms with Crippen LogP contribution in [0, 0.1) is 0 Å². The summed E-state index contributed by atoms with van der Waals surface area (Å²) in [5, 5.41) is 3.12. The Hall–Kier alpha value is -2.12. The minimum Gasteiger partial charge on any atom is -0.339 e. The van der Waals surface area contributed by atoms with E-state index in [-0.39, 0.29) is 30.2 Å².